The Morgan fingerprint density at radius 2 is 2.18 bits per heavy atom. The first-order valence-corrected chi connectivity index (χ1v) is 13.1. The van der Waals surface area contributed by atoms with E-state index < -0.39 is 29.2 Å². The molecule has 6 rings (SSSR count). The first-order valence-electron chi connectivity index (χ1n) is 13.1. The molecule has 194 valence electrons. The van der Waals surface area contributed by atoms with E-state index in [1.54, 1.807) is 24.1 Å². The van der Waals surface area contributed by atoms with Crippen LogP contribution in [-0.2, 0) is 16.6 Å². The van der Waals surface area contributed by atoms with Crippen LogP contribution in [0.4, 0.5) is 0 Å². The summed E-state index contributed by atoms with van der Waals surface area (Å²) in [5.74, 6) is 5.80. The van der Waals surface area contributed by atoms with Crippen LogP contribution in [0.5, 0.6) is 11.5 Å². The largest absolute Gasteiger partial charge is 0.504 e. The van der Waals surface area contributed by atoms with Gasteiger partial charge >= 0.3 is 0 Å². The smallest absolute Gasteiger partial charge is 0.298 e. The number of aryl methyl sites for hydroxylation is 1. The summed E-state index contributed by atoms with van der Waals surface area (Å²) in [4.78, 5) is 17.0. The average molecular weight is 510 g/mol. The third-order valence-corrected chi connectivity index (χ3v) is 9.26. The van der Waals surface area contributed by atoms with Crippen LogP contribution in [0, 0.1) is 30.1 Å². The van der Waals surface area contributed by atoms with Crippen LogP contribution < -0.4 is 4.74 Å². The van der Waals surface area contributed by atoms with Crippen molar-refractivity contribution in [3.05, 3.63) is 71.3 Å². The second-order valence-corrected chi connectivity index (χ2v) is 11.1. The van der Waals surface area contributed by atoms with Gasteiger partial charge in [0.1, 0.15) is 6.10 Å². The van der Waals surface area contributed by atoms with Crippen LogP contribution in [0.15, 0.2) is 49.1 Å². The van der Waals surface area contributed by atoms with Gasteiger partial charge < -0.3 is 19.8 Å². The second-order valence-electron chi connectivity index (χ2n) is 11.1. The van der Waals surface area contributed by atoms with Crippen molar-refractivity contribution in [2.24, 2.45) is 0 Å². The minimum absolute atomic E-state index is 0.0160. The summed E-state index contributed by atoms with van der Waals surface area (Å²) in [7, 11) is 1.72. The molecule has 2 aromatic rings. The van der Waals surface area contributed by atoms with E-state index in [4.69, 9.17) is 4.74 Å². The number of carbonyl (C=O) groups excluding carboxylic acids is 1. The summed E-state index contributed by atoms with van der Waals surface area (Å²) in [6, 6.07) is 12.5. The second kappa shape index (κ2) is 8.63. The van der Waals surface area contributed by atoms with E-state index in [1.165, 1.54) is 0 Å². The molecule has 6 atom stereocenters. The highest BCUT2D eigenvalue weighted by Gasteiger charge is 2.74. The maximum absolute atomic E-state index is 13.3. The van der Waals surface area contributed by atoms with Crippen LogP contribution in [0.1, 0.15) is 41.5 Å². The topological polar surface area (TPSA) is 97.0 Å². The van der Waals surface area contributed by atoms with Crippen molar-refractivity contribution in [1.29, 1.82) is 5.26 Å². The predicted molar refractivity (Wildman–Crippen MR) is 141 cm³/mol. The number of piperidine rings is 1. The molecule has 4 aliphatic rings. The highest BCUT2D eigenvalue weighted by atomic mass is 16.5. The fraction of sp³-hybridized carbons (Fsp3) is 0.419. The summed E-state index contributed by atoms with van der Waals surface area (Å²) in [6.45, 7) is 6.36. The van der Waals surface area contributed by atoms with Crippen LogP contribution >= 0.6 is 0 Å². The summed E-state index contributed by atoms with van der Waals surface area (Å²) in [6.07, 6.45) is 2.98. The fourth-order valence-corrected chi connectivity index (χ4v) is 7.65. The van der Waals surface area contributed by atoms with E-state index in [0.717, 1.165) is 22.3 Å². The van der Waals surface area contributed by atoms with Crippen molar-refractivity contribution in [3.63, 3.8) is 0 Å². The summed E-state index contributed by atoms with van der Waals surface area (Å²) in [5.41, 5.74) is 1.53. The number of nitriles is 1. The van der Waals surface area contributed by atoms with Gasteiger partial charge in [-0.25, -0.2) is 0 Å². The third-order valence-electron chi connectivity index (χ3n) is 9.26. The van der Waals surface area contributed by atoms with Gasteiger partial charge in [0.05, 0.1) is 29.2 Å². The lowest BCUT2D eigenvalue weighted by Crippen LogP contribution is -2.79. The molecular formula is C31H31N3O4. The molecule has 2 fully saturated rings. The predicted octanol–water partition coefficient (Wildman–Crippen LogP) is 2.81. The molecule has 2 heterocycles. The van der Waals surface area contributed by atoms with Crippen LogP contribution in [-0.4, -0.2) is 69.3 Å². The number of hydrogen-bond donors (Lipinski definition) is 2. The number of hydrogen-bond acceptors (Lipinski definition) is 6. The number of benzene rings is 2. The highest BCUT2D eigenvalue weighted by molar-refractivity contribution is 5.94. The number of likely N-dealkylation sites (N-methyl/N-ethyl adjacent to an activating group) is 1. The van der Waals surface area contributed by atoms with E-state index in [2.05, 4.69) is 29.4 Å². The molecule has 2 N–H and O–H groups in total. The number of aliphatic hydroxyl groups is 1. The number of carbonyl (C=O) groups is 1. The number of phenolic OH excluding ortho intramolecular Hbond substituents is 1. The molecule has 7 heteroatoms. The Kier molecular flexibility index (Phi) is 5.57. The fourth-order valence-electron chi connectivity index (χ4n) is 7.65. The van der Waals surface area contributed by atoms with E-state index in [0.29, 0.717) is 38.0 Å². The zero-order valence-corrected chi connectivity index (χ0v) is 21.6. The van der Waals surface area contributed by atoms with E-state index in [-0.39, 0.29) is 17.7 Å². The Balaban J connectivity index is 1.43. The normalized spacial score (nSPS) is 32.2. The van der Waals surface area contributed by atoms with Gasteiger partial charge in [-0.15, -0.1) is 6.58 Å². The van der Waals surface area contributed by atoms with Crippen LogP contribution in [0.3, 0.4) is 0 Å². The molecule has 1 saturated heterocycles. The molecule has 1 unspecified atom stereocenters. The highest BCUT2D eigenvalue weighted by Crippen LogP contribution is 2.66. The Morgan fingerprint density at radius 1 is 1.37 bits per heavy atom. The lowest BCUT2D eigenvalue weighted by Gasteiger charge is -2.65. The van der Waals surface area contributed by atoms with Gasteiger partial charge in [-0.3, -0.25) is 9.69 Å². The lowest BCUT2D eigenvalue weighted by molar-refractivity contribution is -0.205. The van der Waals surface area contributed by atoms with Crippen molar-refractivity contribution in [2.45, 2.75) is 67.9 Å². The first-order chi connectivity index (χ1) is 18.2. The average Bonchev–Trinajstić information content (AvgIpc) is 3.25. The number of rotatable bonds is 3. The minimum Gasteiger partial charge on any atom is -0.504 e. The van der Waals surface area contributed by atoms with Gasteiger partial charge in [0.15, 0.2) is 11.5 Å². The van der Waals surface area contributed by atoms with Crippen LogP contribution in [0.2, 0.25) is 0 Å². The zero-order valence-electron chi connectivity index (χ0n) is 21.6. The van der Waals surface area contributed by atoms with Gasteiger partial charge in [-0.1, -0.05) is 30.2 Å². The van der Waals surface area contributed by atoms with E-state index >= 15 is 0 Å². The SMILES string of the molecule is C=CCN1C(C#N)C[C@]23c4c5ccc(O)c4O[C@H]2[C@@H](N(C)C(=O)C#Cc2cccc(C)c2)CC[C@@]3(O)[C@H]1C5. The molecule has 2 aliphatic carbocycles. The van der Waals surface area contributed by atoms with Gasteiger partial charge in [-0.05, 0) is 61.9 Å². The van der Waals surface area contributed by atoms with Crippen molar-refractivity contribution < 1.29 is 19.7 Å². The third kappa shape index (κ3) is 3.19. The molecule has 2 aliphatic heterocycles. The molecule has 2 bridgehead atoms. The summed E-state index contributed by atoms with van der Waals surface area (Å²) >= 11 is 0. The number of phenols is 1. The summed E-state index contributed by atoms with van der Waals surface area (Å²) in [5, 5.41) is 33.6. The molecule has 0 aromatic heterocycles. The van der Waals surface area contributed by atoms with E-state index in [1.807, 2.05) is 37.3 Å². The Labute approximate surface area is 222 Å². The van der Waals surface area contributed by atoms with E-state index in [9.17, 15) is 20.3 Å². The van der Waals surface area contributed by atoms with Crippen LogP contribution in [0.25, 0.3) is 0 Å². The standard InChI is InChI=1S/C31H31N3O4/c1-4-14-34-22(18-32)17-30-27-21-9-10-24(35)28(27)38-29(30)23(12-13-31(30,37)25(34)16-21)33(3)26(36)11-8-20-7-5-6-19(2)15-20/h4-7,9-10,15,22-23,25,29,35,37H,1,12-14,16-17H2,2-3H3/t22?,23-,25+,29-,30-,31+/m0/s1. The van der Waals surface area contributed by atoms with Crippen molar-refractivity contribution >= 4 is 5.91 Å². The first kappa shape index (κ1) is 24.6. The number of ether oxygens (including phenoxy) is 1. The molecule has 38 heavy (non-hydrogen) atoms. The lowest BCUT2D eigenvalue weighted by atomic mass is 9.47. The minimum atomic E-state index is -1.19. The van der Waals surface area contributed by atoms with Gasteiger partial charge in [0.2, 0.25) is 0 Å². The molecule has 0 radical (unpaired) electrons. The van der Waals surface area contributed by atoms with Crippen molar-refractivity contribution in [2.75, 3.05) is 13.6 Å². The monoisotopic (exact) mass is 509 g/mol. The molecular weight excluding hydrogens is 478 g/mol. The summed E-state index contributed by atoms with van der Waals surface area (Å²) < 4.78 is 6.52. The molecule has 2 aromatic carbocycles. The quantitative estimate of drug-likeness (QED) is 0.488. The molecule has 1 saturated carbocycles. The molecule has 1 amide bonds. The Morgan fingerprint density at radius 3 is 2.92 bits per heavy atom. The molecule has 1 spiro atoms. The maximum Gasteiger partial charge on any atom is 0.298 e. The zero-order chi connectivity index (χ0) is 26.8. The maximum atomic E-state index is 13.3. The number of likely N-dealkylation sites (tertiary alicyclic amines) is 1. The number of nitrogens with zero attached hydrogens (tertiary/aromatic N) is 3. The van der Waals surface area contributed by atoms with Crippen molar-refractivity contribution in [3.8, 4) is 29.4 Å². The number of amides is 1. The van der Waals surface area contributed by atoms with Crippen molar-refractivity contribution in [1.82, 2.24) is 9.80 Å². The van der Waals surface area contributed by atoms with Gasteiger partial charge in [0.25, 0.3) is 5.91 Å². The van der Waals surface area contributed by atoms with Gasteiger partial charge in [0, 0.05) is 36.7 Å². The number of aromatic hydroxyl groups is 1. The van der Waals surface area contributed by atoms with Gasteiger partial charge in [-0.2, -0.15) is 5.26 Å². The Hall–Kier alpha value is -3.78. The Bertz CT molecular complexity index is 1450. The molecule has 7 nitrogen and oxygen atoms in total.